The molecule has 0 saturated heterocycles. The van der Waals surface area contributed by atoms with Crippen molar-refractivity contribution < 1.29 is 18.5 Å². The first-order valence-electron chi connectivity index (χ1n) is 8.29. The average Bonchev–Trinajstić information content (AvgIpc) is 2.98. The number of benzene rings is 2. The summed E-state index contributed by atoms with van der Waals surface area (Å²) in [5, 5.41) is 17.7. The monoisotopic (exact) mass is 386 g/mol. The van der Waals surface area contributed by atoms with E-state index in [1.165, 1.54) is 29.1 Å². The van der Waals surface area contributed by atoms with E-state index in [2.05, 4.69) is 10.4 Å². The van der Waals surface area contributed by atoms with Crippen molar-refractivity contribution in [1.82, 2.24) is 9.78 Å². The van der Waals surface area contributed by atoms with Gasteiger partial charge in [-0.15, -0.1) is 0 Å². The molecule has 3 aromatic rings. The van der Waals surface area contributed by atoms with Gasteiger partial charge in [-0.05, 0) is 37.6 Å². The van der Waals surface area contributed by atoms with Crippen molar-refractivity contribution in [1.29, 1.82) is 0 Å². The molecule has 0 atom stereocenters. The number of amides is 1. The molecule has 28 heavy (non-hydrogen) atoms. The second-order valence-corrected chi connectivity index (χ2v) is 6.28. The lowest BCUT2D eigenvalue weighted by Crippen LogP contribution is -2.18. The molecule has 1 aromatic heterocycles. The fourth-order valence-electron chi connectivity index (χ4n) is 2.73. The van der Waals surface area contributed by atoms with Crippen LogP contribution in [0.1, 0.15) is 27.0 Å². The summed E-state index contributed by atoms with van der Waals surface area (Å²) >= 11 is 0. The summed E-state index contributed by atoms with van der Waals surface area (Å²) in [6.07, 6.45) is 1.48. The second-order valence-electron chi connectivity index (χ2n) is 6.28. The van der Waals surface area contributed by atoms with Crippen LogP contribution in [0.15, 0.2) is 42.6 Å². The number of carbonyl (C=O) groups is 1. The largest absolute Gasteiger partial charge is 0.307 e. The fourth-order valence-corrected chi connectivity index (χ4v) is 2.73. The van der Waals surface area contributed by atoms with E-state index in [9.17, 15) is 23.7 Å². The van der Waals surface area contributed by atoms with Crippen LogP contribution in [-0.2, 0) is 6.54 Å². The Morgan fingerprint density at radius 1 is 1.18 bits per heavy atom. The SMILES string of the molecule is Cc1ccc([N+](=O)[O-])cc1C(=O)Nc1c(C)cnn1Cc1cc(F)ccc1F. The average molecular weight is 386 g/mol. The number of nitrogens with one attached hydrogen (secondary N) is 1. The van der Waals surface area contributed by atoms with Gasteiger partial charge in [0.05, 0.1) is 17.7 Å². The van der Waals surface area contributed by atoms with Gasteiger partial charge >= 0.3 is 0 Å². The summed E-state index contributed by atoms with van der Waals surface area (Å²) in [4.78, 5) is 23.1. The van der Waals surface area contributed by atoms with E-state index in [0.717, 1.165) is 18.2 Å². The van der Waals surface area contributed by atoms with Gasteiger partial charge in [-0.1, -0.05) is 6.07 Å². The Balaban J connectivity index is 1.90. The Morgan fingerprint density at radius 2 is 1.93 bits per heavy atom. The van der Waals surface area contributed by atoms with Gasteiger partial charge in [-0.2, -0.15) is 5.10 Å². The number of aromatic nitrogens is 2. The van der Waals surface area contributed by atoms with Crippen LogP contribution >= 0.6 is 0 Å². The highest BCUT2D eigenvalue weighted by atomic mass is 19.1. The van der Waals surface area contributed by atoms with E-state index < -0.39 is 22.5 Å². The maximum absolute atomic E-state index is 13.9. The quantitative estimate of drug-likeness (QED) is 0.530. The molecule has 9 heteroatoms. The second kappa shape index (κ2) is 7.55. The van der Waals surface area contributed by atoms with Gasteiger partial charge in [0.15, 0.2) is 0 Å². The van der Waals surface area contributed by atoms with Crippen molar-refractivity contribution in [3.63, 3.8) is 0 Å². The van der Waals surface area contributed by atoms with Gasteiger partial charge in [0.25, 0.3) is 11.6 Å². The summed E-state index contributed by atoms with van der Waals surface area (Å²) in [7, 11) is 0. The van der Waals surface area contributed by atoms with Crippen LogP contribution < -0.4 is 5.32 Å². The molecule has 7 nitrogen and oxygen atoms in total. The molecule has 0 saturated carbocycles. The Labute approximate surface area is 158 Å². The smallest absolute Gasteiger partial charge is 0.270 e. The lowest BCUT2D eigenvalue weighted by Gasteiger charge is -2.12. The number of rotatable bonds is 5. The number of carbonyl (C=O) groups excluding carboxylic acids is 1. The van der Waals surface area contributed by atoms with E-state index in [1.54, 1.807) is 13.8 Å². The molecular weight excluding hydrogens is 370 g/mol. The van der Waals surface area contributed by atoms with Gasteiger partial charge < -0.3 is 5.32 Å². The zero-order chi connectivity index (χ0) is 20.4. The van der Waals surface area contributed by atoms with Crippen molar-refractivity contribution in [3.05, 3.63) is 86.6 Å². The lowest BCUT2D eigenvalue weighted by molar-refractivity contribution is -0.384. The van der Waals surface area contributed by atoms with Gasteiger partial charge in [-0.25, -0.2) is 13.5 Å². The van der Waals surface area contributed by atoms with E-state index in [-0.39, 0.29) is 23.4 Å². The third kappa shape index (κ3) is 3.88. The molecule has 144 valence electrons. The maximum Gasteiger partial charge on any atom is 0.270 e. The molecule has 1 amide bonds. The predicted octanol–water partition coefficient (Wildman–Crippen LogP) is 3.99. The van der Waals surface area contributed by atoms with Crippen LogP contribution in [0.2, 0.25) is 0 Å². The first kappa shape index (κ1) is 19.2. The van der Waals surface area contributed by atoms with E-state index in [0.29, 0.717) is 16.9 Å². The number of nitrogens with zero attached hydrogens (tertiary/aromatic N) is 3. The van der Waals surface area contributed by atoms with E-state index >= 15 is 0 Å². The first-order chi connectivity index (χ1) is 13.3. The number of nitro benzene ring substituents is 1. The molecule has 1 N–H and O–H groups in total. The highest BCUT2D eigenvalue weighted by molar-refractivity contribution is 6.05. The lowest BCUT2D eigenvalue weighted by atomic mass is 10.1. The molecule has 0 unspecified atom stereocenters. The molecular formula is C19H16F2N4O3. The van der Waals surface area contributed by atoms with Crippen LogP contribution in [0.25, 0.3) is 0 Å². The number of non-ortho nitro benzene ring substituents is 1. The van der Waals surface area contributed by atoms with Gasteiger partial charge in [0.2, 0.25) is 0 Å². The molecule has 1 heterocycles. The highest BCUT2D eigenvalue weighted by Crippen LogP contribution is 2.22. The highest BCUT2D eigenvalue weighted by Gasteiger charge is 2.18. The van der Waals surface area contributed by atoms with Crippen LogP contribution in [0.5, 0.6) is 0 Å². The minimum atomic E-state index is -0.596. The van der Waals surface area contributed by atoms with E-state index in [4.69, 9.17) is 0 Å². The first-order valence-corrected chi connectivity index (χ1v) is 8.29. The number of hydrogen-bond donors (Lipinski definition) is 1. The molecule has 0 spiro atoms. The number of nitro groups is 1. The molecule has 0 bridgehead atoms. The van der Waals surface area contributed by atoms with Crippen molar-refractivity contribution >= 4 is 17.4 Å². The zero-order valence-electron chi connectivity index (χ0n) is 15.1. The molecule has 0 radical (unpaired) electrons. The minimum absolute atomic E-state index is 0.0742. The van der Waals surface area contributed by atoms with E-state index in [1.807, 2.05) is 0 Å². The molecule has 0 aliphatic rings. The summed E-state index contributed by atoms with van der Waals surface area (Å²) in [5.74, 6) is -1.45. The van der Waals surface area contributed by atoms with Crippen molar-refractivity contribution in [2.45, 2.75) is 20.4 Å². The van der Waals surface area contributed by atoms with Crippen molar-refractivity contribution in [2.24, 2.45) is 0 Å². The van der Waals surface area contributed by atoms with Crippen LogP contribution in [0, 0.1) is 35.6 Å². The standard InChI is InChI=1S/C19H16F2N4O3/c1-11-3-5-15(25(27)28)8-16(11)19(26)23-18-12(2)9-22-24(18)10-13-7-14(20)4-6-17(13)21/h3-9H,10H2,1-2H3,(H,23,26). The summed E-state index contributed by atoms with van der Waals surface area (Å²) < 4.78 is 28.7. The summed E-state index contributed by atoms with van der Waals surface area (Å²) in [6, 6.07) is 7.08. The topological polar surface area (TPSA) is 90.1 Å². The van der Waals surface area contributed by atoms with Gasteiger partial charge in [-0.3, -0.25) is 14.9 Å². The molecule has 2 aromatic carbocycles. The number of hydrogen-bond acceptors (Lipinski definition) is 4. The Bertz CT molecular complexity index is 1080. The van der Waals surface area contributed by atoms with Crippen LogP contribution in [0.3, 0.4) is 0 Å². The molecule has 0 aliphatic heterocycles. The third-order valence-corrected chi connectivity index (χ3v) is 4.26. The number of anilines is 1. The van der Waals surface area contributed by atoms with Crippen LogP contribution in [0.4, 0.5) is 20.3 Å². The Kier molecular flexibility index (Phi) is 5.16. The number of aryl methyl sites for hydroxylation is 2. The maximum atomic E-state index is 13.9. The zero-order valence-corrected chi connectivity index (χ0v) is 15.1. The Morgan fingerprint density at radius 3 is 2.64 bits per heavy atom. The molecule has 0 fully saturated rings. The minimum Gasteiger partial charge on any atom is -0.307 e. The Hall–Kier alpha value is -3.62. The fraction of sp³-hybridized carbons (Fsp3) is 0.158. The van der Waals surface area contributed by atoms with Crippen molar-refractivity contribution in [2.75, 3.05) is 5.32 Å². The molecule has 3 rings (SSSR count). The molecule has 0 aliphatic carbocycles. The van der Waals surface area contributed by atoms with Gasteiger partial charge in [0.1, 0.15) is 17.5 Å². The third-order valence-electron chi connectivity index (χ3n) is 4.26. The van der Waals surface area contributed by atoms with Gasteiger partial charge in [0, 0.05) is 28.8 Å². The van der Waals surface area contributed by atoms with Crippen LogP contribution in [-0.4, -0.2) is 20.6 Å². The summed E-state index contributed by atoms with van der Waals surface area (Å²) in [6.45, 7) is 3.26. The van der Waals surface area contributed by atoms with Crippen molar-refractivity contribution in [3.8, 4) is 0 Å². The normalized spacial score (nSPS) is 10.7. The predicted molar refractivity (Wildman–Crippen MR) is 98.2 cm³/mol. The number of halogens is 2. The summed E-state index contributed by atoms with van der Waals surface area (Å²) in [5.41, 5.74) is 1.17.